The summed E-state index contributed by atoms with van der Waals surface area (Å²) in [5.74, 6) is -7.60. The maximum absolute atomic E-state index is 13.4. The molecule has 0 rings (SSSR count). The first-order valence-electron chi connectivity index (χ1n) is 16.5. The molecule has 0 radical (unpaired) electrons. The normalized spacial score (nSPS) is 15.4. The molecule has 280 valence electrons. The van der Waals surface area contributed by atoms with Crippen LogP contribution in [0.4, 0.5) is 0 Å². The molecule has 0 aliphatic carbocycles. The minimum absolute atomic E-state index is 0.0237. The summed E-state index contributed by atoms with van der Waals surface area (Å²) in [7, 11) is 0. The molecule has 0 spiro atoms. The van der Waals surface area contributed by atoms with E-state index in [4.69, 9.17) is 17.2 Å². The largest absolute Gasteiger partial charge is 0.481 e. The van der Waals surface area contributed by atoms with Crippen molar-refractivity contribution in [3.63, 3.8) is 0 Å². The van der Waals surface area contributed by atoms with Crippen molar-refractivity contribution in [2.24, 2.45) is 39.9 Å². The number of rotatable bonds is 23. The zero-order valence-corrected chi connectivity index (χ0v) is 29.6. The number of amides is 5. The van der Waals surface area contributed by atoms with Crippen LogP contribution < -0.4 is 43.8 Å². The molecule has 49 heavy (non-hydrogen) atoms. The van der Waals surface area contributed by atoms with Gasteiger partial charge in [0.15, 0.2) is 5.96 Å². The van der Waals surface area contributed by atoms with Crippen molar-refractivity contribution in [1.82, 2.24) is 26.6 Å². The van der Waals surface area contributed by atoms with Crippen molar-refractivity contribution in [3.05, 3.63) is 0 Å². The number of nitrogens with zero attached hydrogens (tertiary/aromatic N) is 1. The van der Waals surface area contributed by atoms with Crippen LogP contribution in [0.15, 0.2) is 4.99 Å². The van der Waals surface area contributed by atoms with Crippen molar-refractivity contribution in [2.75, 3.05) is 6.54 Å². The van der Waals surface area contributed by atoms with Crippen molar-refractivity contribution in [2.45, 2.75) is 123 Å². The first kappa shape index (κ1) is 44.5. The number of aliphatic carboxylic acids is 2. The van der Waals surface area contributed by atoms with Crippen LogP contribution in [0.2, 0.25) is 0 Å². The highest BCUT2D eigenvalue weighted by Gasteiger charge is 2.34. The summed E-state index contributed by atoms with van der Waals surface area (Å²) < 4.78 is 0. The summed E-state index contributed by atoms with van der Waals surface area (Å²) in [5, 5.41) is 31.5. The van der Waals surface area contributed by atoms with E-state index < -0.39 is 90.1 Å². The molecule has 0 aromatic heterocycles. The number of hydrogen-bond acceptors (Lipinski definition) is 9. The van der Waals surface area contributed by atoms with E-state index >= 15 is 0 Å². The third-order valence-corrected chi connectivity index (χ3v) is 7.77. The smallest absolute Gasteiger partial charge is 0.326 e. The molecule has 0 unspecified atom stereocenters. The Balaban J connectivity index is 6.07. The Hall–Kier alpha value is -4.48. The Morgan fingerprint density at radius 2 is 1.16 bits per heavy atom. The summed E-state index contributed by atoms with van der Waals surface area (Å²) in [6.07, 6.45) is -0.0736. The molecule has 7 atom stereocenters. The van der Waals surface area contributed by atoms with Gasteiger partial charge in [-0.25, -0.2) is 4.79 Å². The number of carboxylic acid groups (broad SMARTS) is 2. The topological polar surface area (TPSA) is 311 Å². The van der Waals surface area contributed by atoms with E-state index in [0.717, 1.165) is 0 Å². The molecule has 0 saturated heterocycles. The Kier molecular flexibility index (Phi) is 20.2. The van der Waals surface area contributed by atoms with Crippen LogP contribution in [-0.2, 0) is 33.6 Å². The molecule has 0 aliphatic rings. The molecule has 18 nitrogen and oxygen atoms in total. The van der Waals surface area contributed by atoms with Crippen LogP contribution in [-0.4, -0.2) is 100 Å². The molecule has 18 heteroatoms. The van der Waals surface area contributed by atoms with E-state index in [1.165, 1.54) is 0 Å². The molecule has 13 N–H and O–H groups in total. The quantitative estimate of drug-likeness (QED) is 0.0331. The van der Waals surface area contributed by atoms with Crippen LogP contribution in [0.1, 0.15) is 87.0 Å². The van der Waals surface area contributed by atoms with Gasteiger partial charge in [-0.05, 0) is 43.4 Å². The van der Waals surface area contributed by atoms with Gasteiger partial charge in [-0.15, -0.1) is 0 Å². The lowest BCUT2D eigenvalue weighted by molar-refractivity contribution is -0.144. The van der Waals surface area contributed by atoms with Gasteiger partial charge >= 0.3 is 11.9 Å². The molecular formula is C31H57N9O9. The van der Waals surface area contributed by atoms with Crippen LogP contribution in [0.5, 0.6) is 0 Å². The number of hydrogen-bond donors (Lipinski definition) is 10. The molecule has 0 heterocycles. The fourth-order valence-electron chi connectivity index (χ4n) is 4.54. The number of nitrogens with one attached hydrogen (secondary N) is 5. The average molecular weight is 700 g/mol. The van der Waals surface area contributed by atoms with E-state index in [1.807, 2.05) is 13.8 Å². The molecule has 5 amide bonds. The van der Waals surface area contributed by atoms with Crippen molar-refractivity contribution < 1.29 is 43.8 Å². The van der Waals surface area contributed by atoms with E-state index in [-0.39, 0.29) is 50.0 Å². The van der Waals surface area contributed by atoms with E-state index in [2.05, 4.69) is 31.6 Å². The highest BCUT2D eigenvalue weighted by molar-refractivity contribution is 5.97. The SMILES string of the molecule is CC[C@H](NC(=O)[C@H](CC(C)C)NC(=O)[C@@H](N)C(C)C)C(=O)N[C@@H](CC(=O)O)C(=O)N[C@@H](CCCN=C(N)N)C(=O)N[C@H](C(=O)O)[C@@H](C)CC. The fourth-order valence-corrected chi connectivity index (χ4v) is 4.54. The number of aliphatic imine (C=N–C) groups is 1. The Morgan fingerprint density at radius 3 is 1.63 bits per heavy atom. The van der Waals surface area contributed by atoms with Gasteiger partial charge in [-0.1, -0.05) is 54.9 Å². The highest BCUT2D eigenvalue weighted by Crippen LogP contribution is 2.11. The summed E-state index contributed by atoms with van der Waals surface area (Å²) >= 11 is 0. The molecule has 0 aliphatic heterocycles. The second-order valence-electron chi connectivity index (χ2n) is 12.8. The lowest BCUT2D eigenvalue weighted by Crippen LogP contribution is -2.60. The van der Waals surface area contributed by atoms with Crippen LogP contribution >= 0.6 is 0 Å². The van der Waals surface area contributed by atoms with Crippen molar-refractivity contribution in [1.29, 1.82) is 0 Å². The Bertz CT molecular complexity index is 1180. The number of carboxylic acids is 2. The van der Waals surface area contributed by atoms with Crippen LogP contribution in [0.3, 0.4) is 0 Å². The third kappa shape index (κ3) is 17.0. The second kappa shape index (κ2) is 22.2. The van der Waals surface area contributed by atoms with E-state index in [9.17, 15) is 43.8 Å². The number of guanidine groups is 1. The summed E-state index contributed by atoms with van der Waals surface area (Å²) in [5.41, 5.74) is 16.6. The predicted molar refractivity (Wildman–Crippen MR) is 181 cm³/mol. The fraction of sp³-hybridized carbons (Fsp3) is 0.742. The highest BCUT2D eigenvalue weighted by atomic mass is 16.4. The van der Waals surface area contributed by atoms with E-state index in [0.29, 0.717) is 6.42 Å². The van der Waals surface area contributed by atoms with Gasteiger partial charge in [0, 0.05) is 6.54 Å². The summed E-state index contributed by atoms with van der Waals surface area (Å²) in [4.78, 5) is 93.1. The zero-order chi connectivity index (χ0) is 38.0. The Morgan fingerprint density at radius 1 is 0.673 bits per heavy atom. The standard InChI is InChI=1S/C31H57N9O9/c1-8-17(7)24(30(48)49)40-26(44)19(11-10-12-35-31(33)34)37-28(46)21(14-22(41)42)38-25(43)18(9-2)36-27(45)20(13-15(3)4)39-29(47)23(32)16(5)6/h15-21,23-24H,8-14,32H2,1-7H3,(H,36,45)(H,37,46)(H,38,43)(H,39,47)(H,40,44)(H,41,42)(H,48,49)(H4,33,34,35)/t17-,18-,19-,20-,21-,23-,24-/m0/s1. The molecule has 0 aromatic carbocycles. The van der Waals surface area contributed by atoms with Gasteiger partial charge in [0.05, 0.1) is 12.5 Å². The molecule has 0 fully saturated rings. The first-order chi connectivity index (χ1) is 22.7. The minimum atomic E-state index is -1.69. The van der Waals surface area contributed by atoms with Gasteiger partial charge in [-0.2, -0.15) is 0 Å². The van der Waals surface area contributed by atoms with Crippen LogP contribution in [0, 0.1) is 17.8 Å². The Labute approximate surface area is 287 Å². The summed E-state index contributed by atoms with van der Waals surface area (Å²) in [6, 6.07) is -7.44. The van der Waals surface area contributed by atoms with E-state index in [1.54, 1.807) is 34.6 Å². The van der Waals surface area contributed by atoms with Gasteiger partial charge in [0.1, 0.15) is 30.2 Å². The molecular weight excluding hydrogens is 642 g/mol. The second-order valence-corrected chi connectivity index (χ2v) is 12.8. The van der Waals surface area contributed by atoms with Crippen molar-refractivity contribution >= 4 is 47.4 Å². The van der Waals surface area contributed by atoms with Gasteiger partial charge in [0.2, 0.25) is 29.5 Å². The van der Waals surface area contributed by atoms with Crippen molar-refractivity contribution in [3.8, 4) is 0 Å². The lowest BCUT2D eigenvalue weighted by Gasteiger charge is -2.27. The monoisotopic (exact) mass is 699 g/mol. The predicted octanol–water partition coefficient (Wildman–Crippen LogP) is -1.49. The molecule has 0 bridgehead atoms. The average Bonchev–Trinajstić information content (AvgIpc) is 3.00. The first-order valence-corrected chi connectivity index (χ1v) is 16.5. The number of carbonyl (C=O) groups excluding carboxylic acids is 5. The van der Waals surface area contributed by atoms with Gasteiger partial charge < -0.3 is 54.0 Å². The minimum Gasteiger partial charge on any atom is -0.481 e. The van der Waals surface area contributed by atoms with Gasteiger partial charge in [-0.3, -0.25) is 33.8 Å². The van der Waals surface area contributed by atoms with Crippen LogP contribution in [0.25, 0.3) is 0 Å². The number of carbonyl (C=O) groups is 7. The maximum Gasteiger partial charge on any atom is 0.326 e. The third-order valence-electron chi connectivity index (χ3n) is 7.77. The molecule has 0 aromatic rings. The lowest BCUT2D eigenvalue weighted by atomic mass is 9.98. The maximum atomic E-state index is 13.4. The molecule has 0 saturated carbocycles. The summed E-state index contributed by atoms with van der Waals surface area (Å²) in [6.45, 7) is 12.2. The number of nitrogens with two attached hydrogens (primary N) is 3. The zero-order valence-electron chi connectivity index (χ0n) is 29.6. The van der Waals surface area contributed by atoms with Gasteiger partial charge in [0.25, 0.3) is 0 Å².